The Bertz CT molecular complexity index is 765. The fraction of sp³-hybridized carbons (Fsp3) is 0.263. The van der Waals surface area contributed by atoms with E-state index in [9.17, 15) is 9.59 Å². The quantitative estimate of drug-likeness (QED) is 0.816. The minimum atomic E-state index is -0.661. The number of ether oxygens (including phenoxy) is 3. The first-order valence-electron chi connectivity index (χ1n) is 7.71. The highest BCUT2D eigenvalue weighted by molar-refractivity contribution is 5.97. The van der Waals surface area contributed by atoms with E-state index in [0.29, 0.717) is 11.4 Å². The van der Waals surface area contributed by atoms with Crippen LogP contribution < -0.4 is 14.8 Å². The monoisotopic (exact) mass is 343 g/mol. The van der Waals surface area contributed by atoms with Crippen molar-refractivity contribution >= 4 is 17.6 Å². The van der Waals surface area contributed by atoms with Crippen LogP contribution in [0.15, 0.2) is 36.4 Å². The molecular weight excluding hydrogens is 322 g/mol. The van der Waals surface area contributed by atoms with E-state index in [2.05, 4.69) is 5.32 Å². The number of esters is 1. The fourth-order valence-corrected chi connectivity index (χ4v) is 2.50. The third-order valence-electron chi connectivity index (χ3n) is 3.46. The van der Waals surface area contributed by atoms with Crippen LogP contribution in [0.3, 0.4) is 0 Å². The zero-order chi connectivity index (χ0) is 18.4. The van der Waals surface area contributed by atoms with Crippen molar-refractivity contribution in [3.05, 3.63) is 53.1 Å². The first-order valence-corrected chi connectivity index (χ1v) is 7.71. The number of aryl methyl sites for hydroxylation is 2. The van der Waals surface area contributed by atoms with Crippen molar-refractivity contribution < 1.29 is 23.8 Å². The predicted octanol–water partition coefficient (Wildman–Crippen LogP) is 3.12. The molecule has 0 aliphatic carbocycles. The molecular formula is C19H21NO5. The summed E-state index contributed by atoms with van der Waals surface area (Å²) in [5.74, 6) is -0.395. The number of hydrogen-bond acceptors (Lipinski definition) is 5. The molecule has 0 bridgehead atoms. The number of benzene rings is 2. The van der Waals surface area contributed by atoms with Crippen LogP contribution in [-0.2, 0) is 9.53 Å². The molecule has 0 aliphatic rings. The van der Waals surface area contributed by atoms with Gasteiger partial charge in [0.25, 0.3) is 5.91 Å². The highest BCUT2D eigenvalue weighted by atomic mass is 16.5. The highest BCUT2D eigenvalue weighted by Crippen LogP contribution is 2.31. The smallest absolute Gasteiger partial charge is 0.342 e. The van der Waals surface area contributed by atoms with Crippen LogP contribution >= 0.6 is 0 Å². The van der Waals surface area contributed by atoms with Gasteiger partial charge in [-0.1, -0.05) is 12.1 Å². The summed E-state index contributed by atoms with van der Waals surface area (Å²) in [6, 6.07) is 10.6. The van der Waals surface area contributed by atoms with Gasteiger partial charge in [-0.3, -0.25) is 4.79 Å². The summed E-state index contributed by atoms with van der Waals surface area (Å²) in [6.07, 6.45) is 0. The molecule has 0 saturated heterocycles. The molecule has 0 spiro atoms. The fourth-order valence-electron chi connectivity index (χ4n) is 2.50. The summed E-state index contributed by atoms with van der Waals surface area (Å²) >= 11 is 0. The van der Waals surface area contributed by atoms with Crippen LogP contribution in [0.2, 0.25) is 0 Å². The summed E-state index contributed by atoms with van der Waals surface area (Å²) in [7, 11) is 2.91. The highest BCUT2D eigenvalue weighted by Gasteiger charge is 2.18. The molecule has 0 aromatic heterocycles. The van der Waals surface area contributed by atoms with E-state index in [4.69, 9.17) is 14.2 Å². The molecule has 0 fully saturated rings. The number of rotatable bonds is 6. The lowest BCUT2D eigenvalue weighted by atomic mass is 10.1. The van der Waals surface area contributed by atoms with Crippen molar-refractivity contribution in [3.63, 3.8) is 0 Å². The number of methoxy groups -OCH3 is 2. The zero-order valence-electron chi connectivity index (χ0n) is 14.7. The van der Waals surface area contributed by atoms with Gasteiger partial charge in [-0.25, -0.2) is 4.79 Å². The Kier molecular flexibility index (Phi) is 6.00. The molecule has 2 aromatic carbocycles. The maximum atomic E-state index is 12.2. The average Bonchev–Trinajstić information content (AvgIpc) is 2.57. The summed E-state index contributed by atoms with van der Waals surface area (Å²) in [4.78, 5) is 24.2. The van der Waals surface area contributed by atoms with E-state index in [0.717, 1.165) is 11.1 Å². The summed E-state index contributed by atoms with van der Waals surface area (Å²) < 4.78 is 15.4. The Balaban J connectivity index is 2.01. The topological polar surface area (TPSA) is 73.9 Å². The standard InChI is InChI=1S/C19H21NO5/c1-12-8-13(2)10-14(9-12)20-17(21)11-25-19(22)15-6-5-7-16(23-3)18(15)24-4/h5-10H,11H2,1-4H3,(H,20,21). The van der Waals surface area contributed by atoms with E-state index in [-0.39, 0.29) is 11.3 Å². The molecule has 1 amide bonds. The minimum absolute atomic E-state index is 0.195. The second kappa shape index (κ2) is 8.19. The molecule has 0 atom stereocenters. The Hall–Kier alpha value is -3.02. The van der Waals surface area contributed by atoms with Crippen LogP contribution in [0.1, 0.15) is 21.5 Å². The summed E-state index contributed by atoms with van der Waals surface area (Å²) in [5, 5.41) is 2.71. The SMILES string of the molecule is COc1cccc(C(=O)OCC(=O)Nc2cc(C)cc(C)c2)c1OC. The zero-order valence-corrected chi connectivity index (χ0v) is 14.7. The van der Waals surface area contributed by atoms with Crippen molar-refractivity contribution in [2.24, 2.45) is 0 Å². The van der Waals surface area contributed by atoms with Gasteiger partial charge in [0.2, 0.25) is 0 Å². The van der Waals surface area contributed by atoms with Crippen molar-refractivity contribution in [3.8, 4) is 11.5 Å². The van der Waals surface area contributed by atoms with Gasteiger partial charge in [-0.15, -0.1) is 0 Å². The summed E-state index contributed by atoms with van der Waals surface area (Å²) in [6.45, 7) is 3.49. The van der Waals surface area contributed by atoms with Crippen molar-refractivity contribution in [2.45, 2.75) is 13.8 Å². The first kappa shape index (κ1) is 18.3. The number of carbonyl (C=O) groups excluding carboxylic acids is 2. The Morgan fingerprint density at radius 1 is 1.00 bits per heavy atom. The third kappa shape index (κ3) is 4.73. The van der Waals surface area contributed by atoms with E-state index < -0.39 is 18.5 Å². The lowest BCUT2D eigenvalue weighted by molar-refractivity contribution is -0.119. The molecule has 6 nitrogen and oxygen atoms in total. The third-order valence-corrected chi connectivity index (χ3v) is 3.46. The molecule has 6 heteroatoms. The van der Waals surface area contributed by atoms with E-state index in [1.54, 1.807) is 18.2 Å². The van der Waals surface area contributed by atoms with Gasteiger partial charge in [0.15, 0.2) is 18.1 Å². The Morgan fingerprint density at radius 3 is 2.28 bits per heavy atom. The molecule has 2 rings (SSSR count). The molecule has 0 aliphatic heterocycles. The van der Waals surface area contributed by atoms with Crippen LogP contribution in [0, 0.1) is 13.8 Å². The number of anilines is 1. The average molecular weight is 343 g/mol. The van der Waals surface area contributed by atoms with E-state index in [1.165, 1.54) is 14.2 Å². The van der Waals surface area contributed by atoms with Gasteiger partial charge >= 0.3 is 5.97 Å². The molecule has 0 unspecified atom stereocenters. The molecule has 0 radical (unpaired) electrons. The van der Waals surface area contributed by atoms with Gasteiger partial charge in [-0.05, 0) is 49.2 Å². The van der Waals surface area contributed by atoms with Crippen LogP contribution in [-0.4, -0.2) is 32.7 Å². The second-order valence-electron chi connectivity index (χ2n) is 5.54. The van der Waals surface area contributed by atoms with Gasteiger partial charge < -0.3 is 19.5 Å². The minimum Gasteiger partial charge on any atom is -0.493 e. The maximum Gasteiger partial charge on any atom is 0.342 e. The molecule has 0 saturated carbocycles. The Labute approximate surface area is 146 Å². The van der Waals surface area contributed by atoms with Gasteiger partial charge in [0, 0.05) is 5.69 Å². The lowest BCUT2D eigenvalue weighted by Crippen LogP contribution is -2.21. The predicted molar refractivity (Wildman–Crippen MR) is 94.4 cm³/mol. The molecule has 2 aromatic rings. The number of amides is 1. The Morgan fingerprint density at radius 2 is 1.68 bits per heavy atom. The van der Waals surface area contributed by atoms with Crippen LogP contribution in [0.25, 0.3) is 0 Å². The number of para-hydroxylation sites is 1. The van der Waals surface area contributed by atoms with Crippen molar-refractivity contribution in [2.75, 3.05) is 26.1 Å². The van der Waals surface area contributed by atoms with E-state index in [1.807, 2.05) is 32.0 Å². The maximum absolute atomic E-state index is 12.2. The number of hydrogen-bond donors (Lipinski definition) is 1. The van der Waals surface area contributed by atoms with Gasteiger partial charge in [0.05, 0.1) is 14.2 Å². The van der Waals surface area contributed by atoms with Crippen LogP contribution in [0.4, 0.5) is 5.69 Å². The first-order chi connectivity index (χ1) is 11.9. The van der Waals surface area contributed by atoms with Crippen molar-refractivity contribution in [1.29, 1.82) is 0 Å². The lowest BCUT2D eigenvalue weighted by Gasteiger charge is -2.12. The second-order valence-corrected chi connectivity index (χ2v) is 5.54. The molecule has 1 N–H and O–H groups in total. The molecule has 0 heterocycles. The molecule has 132 valence electrons. The van der Waals surface area contributed by atoms with Gasteiger partial charge in [-0.2, -0.15) is 0 Å². The van der Waals surface area contributed by atoms with E-state index >= 15 is 0 Å². The largest absolute Gasteiger partial charge is 0.493 e. The van der Waals surface area contributed by atoms with Crippen molar-refractivity contribution in [1.82, 2.24) is 0 Å². The summed E-state index contributed by atoms with van der Waals surface area (Å²) in [5.41, 5.74) is 2.93. The van der Waals surface area contributed by atoms with Crippen LogP contribution in [0.5, 0.6) is 11.5 Å². The van der Waals surface area contributed by atoms with Gasteiger partial charge in [0.1, 0.15) is 5.56 Å². The number of carbonyl (C=O) groups is 2. The normalized spacial score (nSPS) is 10.1. The molecule has 25 heavy (non-hydrogen) atoms. The number of nitrogens with one attached hydrogen (secondary N) is 1.